The van der Waals surface area contributed by atoms with Crippen LogP contribution in [0.1, 0.15) is 39.0 Å². The van der Waals surface area contributed by atoms with E-state index in [0.29, 0.717) is 12.7 Å². The average molecular weight is 336 g/mol. The van der Waals surface area contributed by atoms with Gasteiger partial charge in [-0.05, 0) is 6.42 Å². The van der Waals surface area contributed by atoms with Crippen LogP contribution >= 0.6 is 0 Å². The quantitative estimate of drug-likeness (QED) is 0.309. The van der Waals surface area contributed by atoms with Crippen molar-refractivity contribution in [3.8, 4) is 11.8 Å². The molecule has 3 nitrogen and oxygen atoms in total. The van der Waals surface area contributed by atoms with E-state index in [9.17, 15) is 30.4 Å². The molecule has 0 fully saturated rings. The highest BCUT2D eigenvalue weighted by Gasteiger charge is 2.63. The lowest BCUT2D eigenvalue weighted by Crippen LogP contribution is -2.48. The Hall–Kier alpha value is -0.880. The third-order valence-corrected chi connectivity index (χ3v) is 2.91. The van der Waals surface area contributed by atoms with Gasteiger partial charge in [0.05, 0.1) is 6.26 Å². The van der Waals surface area contributed by atoms with Gasteiger partial charge >= 0.3 is 12.1 Å². The van der Waals surface area contributed by atoms with E-state index >= 15 is 0 Å². The molecule has 0 aromatic rings. The molecule has 0 saturated carbocycles. The van der Waals surface area contributed by atoms with Crippen LogP contribution in [0.15, 0.2) is 0 Å². The molecule has 0 aromatic heterocycles. The van der Waals surface area contributed by atoms with Crippen LogP contribution in [0.4, 0.5) is 22.0 Å². The first-order valence-corrected chi connectivity index (χ1v) is 8.04. The zero-order valence-corrected chi connectivity index (χ0v) is 12.5. The Morgan fingerprint density at radius 3 is 2.10 bits per heavy atom. The van der Waals surface area contributed by atoms with E-state index in [0.717, 1.165) is 19.3 Å². The van der Waals surface area contributed by atoms with Crippen molar-refractivity contribution in [2.45, 2.75) is 57.2 Å². The minimum Gasteiger partial charge on any atom is -0.247 e. The van der Waals surface area contributed by atoms with E-state index in [2.05, 4.69) is 10.1 Å². The Morgan fingerprint density at radius 1 is 1.10 bits per heavy atom. The maximum Gasteiger partial charge on any atom is 0.457 e. The van der Waals surface area contributed by atoms with Crippen LogP contribution in [0, 0.1) is 11.8 Å². The highest BCUT2D eigenvalue weighted by atomic mass is 32.2. The van der Waals surface area contributed by atoms with E-state index in [1.807, 2.05) is 6.92 Å². The van der Waals surface area contributed by atoms with Crippen molar-refractivity contribution < 1.29 is 34.6 Å². The van der Waals surface area contributed by atoms with Crippen molar-refractivity contribution in [2.24, 2.45) is 0 Å². The minimum absolute atomic E-state index is 0.0948. The van der Waals surface area contributed by atoms with E-state index in [1.165, 1.54) is 0 Å². The van der Waals surface area contributed by atoms with Gasteiger partial charge < -0.3 is 0 Å². The second-order valence-electron chi connectivity index (χ2n) is 4.43. The molecule has 0 aliphatic heterocycles. The molecule has 21 heavy (non-hydrogen) atoms. The predicted octanol–water partition coefficient (Wildman–Crippen LogP) is 3.50. The molecule has 0 spiro atoms. The lowest BCUT2D eigenvalue weighted by molar-refractivity contribution is -0.300. The molecule has 0 bridgehead atoms. The predicted molar refractivity (Wildman–Crippen MR) is 67.3 cm³/mol. The second kappa shape index (κ2) is 7.94. The van der Waals surface area contributed by atoms with E-state index in [1.54, 1.807) is 5.92 Å². The number of halogens is 5. The average Bonchev–Trinajstić information content (AvgIpc) is 2.29. The molecule has 0 aromatic carbocycles. The van der Waals surface area contributed by atoms with Gasteiger partial charge in [0.1, 0.15) is 0 Å². The summed E-state index contributed by atoms with van der Waals surface area (Å²) in [5, 5.41) is 0. The highest BCUT2D eigenvalue weighted by molar-refractivity contribution is 7.86. The number of hydrogen-bond acceptors (Lipinski definition) is 3. The Kier molecular flexibility index (Phi) is 7.61. The maximum absolute atomic E-state index is 13.1. The summed E-state index contributed by atoms with van der Waals surface area (Å²) in [5.41, 5.74) is 0. The summed E-state index contributed by atoms with van der Waals surface area (Å²) in [5.74, 6) is -1.66. The first-order valence-electron chi connectivity index (χ1n) is 6.23. The van der Waals surface area contributed by atoms with Gasteiger partial charge in [-0.3, -0.25) is 0 Å². The molecule has 9 heteroatoms. The molecule has 0 rings (SSSR count). The van der Waals surface area contributed by atoms with Gasteiger partial charge in [-0.2, -0.15) is 30.4 Å². The van der Waals surface area contributed by atoms with E-state index in [-0.39, 0.29) is 6.42 Å². The van der Waals surface area contributed by atoms with Crippen LogP contribution in [0.2, 0.25) is 0 Å². The molecular formula is C12H17F5O3S. The maximum atomic E-state index is 13.1. The zero-order valence-electron chi connectivity index (χ0n) is 11.6. The minimum atomic E-state index is -5.95. The molecule has 0 amide bonds. The van der Waals surface area contributed by atoms with Crippen molar-refractivity contribution in [2.75, 3.05) is 6.26 Å². The highest BCUT2D eigenvalue weighted by Crippen LogP contribution is 2.39. The van der Waals surface area contributed by atoms with Crippen LogP contribution in [0.3, 0.4) is 0 Å². The lowest BCUT2D eigenvalue weighted by Gasteiger charge is -2.24. The van der Waals surface area contributed by atoms with Crippen LogP contribution in [0.25, 0.3) is 0 Å². The Bertz CT molecular complexity index is 473. The molecular weight excluding hydrogens is 319 g/mol. The van der Waals surface area contributed by atoms with Crippen molar-refractivity contribution >= 4 is 10.1 Å². The van der Waals surface area contributed by atoms with Gasteiger partial charge in [-0.15, -0.1) is 5.92 Å². The SMILES string of the molecule is CCCCCCC#C[C@H](OS(C)(=O)=O)C(F)(F)C(F)(F)F. The summed E-state index contributed by atoms with van der Waals surface area (Å²) in [6, 6.07) is 0. The fourth-order valence-electron chi connectivity index (χ4n) is 1.30. The van der Waals surface area contributed by atoms with Crippen LogP contribution in [-0.2, 0) is 14.3 Å². The topological polar surface area (TPSA) is 43.4 Å². The number of hydrogen-bond donors (Lipinski definition) is 0. The third-order valence-electron chi connectivity index (χ3n) is 2.37. The van der Waals surface area contributed by atoms with Crippen molar-refractivity contribution in [3.63, 3.8) is 0 Å². The lowest BCUT2D eigenvalue weighted by atomic mass is 10.1. The molecule has 124 valence electrons. The zero-order chi connectivity index (χ0) is 16.7. The van der Waals surface area contributed by atoms with Crippen LogP contribution in [-0.4, -0.2) is 32.9 Å². The van der Waals surface area contributed by atoms with Gasteiger partial charge in [-0.1, -0.05) is 32.1 Å². The fourth-order valence-corrected chi connectivity index (χ4v) is 1.82. The number of rotatable bonds is 7. The smallest absolute Gasteiger partial charge is 0.247 e. The Balaban J connectivity index is 4.98. The van der Waals surface area contributed by atoms with Crippen LogP contribution < -0.4 is 0 Å². The summed E-state index contributed by atoms with van der Waals surface area (Å²) >= 11 is 0. The van der Waals surface area contributed by atoms with Crippen molar-refractivity contribution in [3.05, 3.63) is 0 Å². The van der Waals surface area contributed by atoms with Gasteiger partial charge in [0, 0.05) is 6.42 Å². The summed E-state index contributed by atoms with van der Waals surface area (Å²) in [4.78, 5) is 0. The second-order valence-corrected chi connectivity index (χ2v) is 6.03. The largest absolute Gasteiger partial charge is 0.457 e. The number of alkyl halides is 5. The summed E-state index contributed by atoms with van der Waals surface area (Å²) in [6.07, 6.45) is -5.42. The first-order chi connectivity index (χ1) is 9.42. The van der Waals surface area contributed by atoms with E-state index in [4.69, 9.17) is 0 Å². The van der Waals surface area contributed by atoms with Gasteiger partial charge in [0.25, 0.3) is 10.1 Å². The van der Waals surface area contributed by atoms with Crippen molar-refractivity contribution in [1.29, 1.82) is 0 Å². The molecule has 0 saturated heterocycles. The summed E-state index contributed by atoms with van der Waals surface area (Å²) in [7, 11) is -4.50. The molecule has 0 N–H and O–H groups in total. The van der Waals surface area contributed by atoms with Gasteiger partial charge in [-0.25, -0.2) is 4.18 Å². The van der Waals surface area contributed by atoms with E-state index < -0.39 is 28.3 Å². The molecule has 0 aliphatic rings. The van der Waals surface area contributed by atoms with Gasteiger partial charge in [0.2, 0.25) is 6.10 Å². The Morgan fingerprint density at radius 2 is 1.67 bits per heavy atom. The fraction of sp³-hybridized carbons (Fsp3) is 0.833. The standard InChI is InChI=1S/C12H17F5O3S/c1-3-4-5-6-7-8-9-10(20-21(2,18)19)11(13,14)12(15,16)17/h10H,3-7H2,1-2H3/t10-/m0/s1. The summed E-state index contributed by atoms with van der Waals surface area (Å²) in [6.45, 7) is 1.95. The first kappa shape index (κ1) is 20.1. The summed E-state index contributed by atoms with van der Waals surface area (Å²) < 4.78 is 88.4. The molecule has 0 aliphatic carbocycles. The monoisotopic (exact) mass is 336 g/mol. The molecule has 0 radical (unpaired) electrons. The molecule has 1 atom stereocenters. The third kappa shape index (κ3) is 7.62. The molecule has 0 heterocycles. The van der Waals surface area contributed by atoms with Gasteiger partial charge in [0.15, 0.2) is 0 Å². The molecule has 0 unspecified atom stereocenters. The Labute approximate surface area is 121 Å². The number of unbranched alkanes of at least 4 members (excludes halogenated alkanes) is 4. The normalized spacial score (nSPS) is 14.4. The van der Waals surface area contributed by atoms with Crippen molar-refractivity contribution in [1.82, 2.24) is 0 Å². The van der Waals surface area contributed by atoms with Crippen LogP contribution in [0.5, 0.6) is 0 Å².